The fourth-order valence-corrected chi connectivity index (χ4v) is 2.18. The number of phenols is 1. The molecule has 0 aromatic heterocycles. The lowest BCUT2D eigenvalue weighted by molar-refractivity contribution is 0.253. The van der Waals surface area contributed by atoms with E-state index in [0.29, 0.717) is 21.9 Å². The van der Waals surface area contributed by atoms with Crippen LogP contribution in [-0.4, -0.2) is 17.2 Å². The zero-order chi connectivity index (χ0) is 18.7. The van der Waals surface area contributed by atoms with Gasteiger partial charge in [-0.15, -0.1) is 0 Å². The summed E-state index contributed by atoms with van der Waals surface area (Å²) in [5.74, 6) is 11.5. The number of amides is 4. The number of nitrogens with zero attached hydrogens (tertiary/aromatic N) is 2. The van der Waals surface area contributed by atoms with Crippen molar-refractivity contribution in [2.24, 2.45) is 23.2 Å². The Hall–Kier alpha value is -3.50. The van der Waals surface area contributed by atoms with Gasteiger partial charge in [-0.05, 0) is 48.9 Å². The number of aromatic hydroxyl groups is 1. The van der Waals surface area contributed by atoms with Gasteiger partial charge in [0.05, 0.1) is 17.1 Å². The Bertz CT molecular complexity index is 808. The highest BCUT2D eigenvalue weighted by Gasteiger charge is 2.19. The lowest BCUT2D eigenvalue weighted by atomic mass is 10.1. The molecule has 132 valence electrons. The first-order valence-electron chi connectivity index (χ1n) is 7.10. The van der Waals surface area contributed by atoms with Crippen molar-refractivity contribution >= 4 is 34.8 Å². The molecule has 2 rings (SSSR count). The number of primary amides is 2. The van der Waals surface area contributed by atoms with Gasteiger partial charge in [0.25, 0.3) is 0 Å². The minimum absolute atomic E-state index is 0.107. The minimum atomic E-state index is -0.911. The monoisotopic (exact) mass is 345 g/mol. The Morgan fingerprint density at radius 1 is 0.960 bits per heavy atom. The largest absolute Gasteiger partial charge is 0.508 e. The molecule has 0 fully saturated rings. The zero-order valence-electron chi connectivity index (χ0n) is 13.4. The van der Waals surface area contributed by atoms with E-state index in [1.54, 1.807) is 25.1 Å². The van der Waals surface area contributed by atoms with Crippen LogP contribution >= 0.6 is 0 Å². The van der Waals surface area contributed by atoms with Crippen LogP contribution in [0.3, 0.4) is 0 Å². The van der Waals surface area contributed by atoms with E-state index in [2.05, 4.69) is 5.32 Å². The molecule has 0 saturated carbocycles. The number of urea groups is 2. The second-order valence-corrected chi connectivity index (χ2v) is 5.24. The van der Waals surface area contributed by atoms with Crippen molar-refractivity contribution in [1.82, 2.24) is 0 Å². The van der Waals surface area contributed by atoms with Crippen LogP contribution in [0, 0.1) is 6.92 Å². The Labute approximate surface area is 143 Å². The summed E-state index contributed by atoms with van der Waals surface area (Å²) in [6.07, 6.45) is 0. The standard InChI is InChI=1S/C15H19N7O3/c1-8-6-11(20-9-2-4-10(23)5-3-9)13(22(19)15(17)25)7-12(8)21(18)14(16)24/h2-7,20,23H,18-19H2,1H3,(H2,16,24)(H2,17,25). The summed E-state index contributed by atoms with van der Waals surface area (Å²) in [6.45, 7) is 1.70. The number of hydrogen-bond acceptors (Lipinski definition) is 6. The fraction of sp³-hybridized carbons (Fsp3) is 0.0667. The van der Waals surface area contributed by atoms with Crippen molar-refractivity contribution in [2.45, 2.75) is 6.92 Å². The van der Waals surface area contributed by atoms with Crippen LogP contribution in [0.1, 0.15) is 5.56 Å². The third-order valence-electron chi connectivity index (χ3n) is 3.45. The summed E-state index contributed by atoms with van der Waals surface area (Å²) in [6, 6.07) is 7.50. The van der Waals surface area contributed by atoms with Gasteiger partial charge in [0.1, 0.15) is 5.75 Å². The number of hydrazine groups is 2. The highest BCUT2D eigenvalue weighted by Crippen LogP contribution is 2.34. The molecule has 4 amide bonds. The van der Waals surface area contributed by atoms with Gasteiger partial charge >= 0.3 is 12.1 Å². The summed E-state index contributed by atoms with van der Waals surface area (Å²) in [4.78, 5) is 22.8. The molecule has 25 heavy (non-hydrogen) atoms. The minimum Gasteiger partial charge on any atom is -0.508 e. The molecule has 10 heteroatoms. The highest BCUT2D eigenvalue weighted by molar-refractivity contribution is 5.98. The van der Waals surface area contributed by atoms with Gasteiger partial charge in [0.2, 0.25) is 0 Å². The summed E-state index contributed by atoms with van der Waals surface area (Å²) in [7, 11) is 0. The summed E-state index contributed by atoms with van der Waals surface area (Å²) < 4.78 is 0. The van der Waals surface area contributed by atoms with E-state index in [1.165, 1.54) is 18.2 Å². The second-order valence-electron chi connectivity index (χ2n) is 5.24. The number of carbonyl (C=O) groups is 2. The van der Waals surface area contributed by atoms with Crippen molar-refractivity contribution in [3.05, 3.63) is 42.0 Å². The summed E-state index contributed by atoms with van der Waals surface area (Å²) in [5.41, 5.74) is 12.5. The maximum Gasteiger partial charge on any atom is 0.333 e. The number of benzene rings is 2. The summed E-state index contributed by atoms with van der Waals surface area (Å²) >= 11 is 0. The van der Waals surface area contributed by atoms with E-state index in [4.69, 9.17) is 23.2 Å². The number of rotatable bonds is 4. The first-order valence-corrected chi connectivity index (χ1v) is 7.10. The molecule has 10 nitrogen and oxygen atoms in total. The molecule has 0 unspecified atom stereocenters. The lowest BCUT2D eigenvalue weighted by Crippen LogP contribution is -2.43. The van der Waals surface area contributed by atoms with Crippen LogP contribution in [0.25, 0.3) is 0 Å². The van der Waals surface area contributed by atoms with Crippen LogP contribution < -0.4 is 38.5 Å². The van der Waals surface area contributed by atoms with Crippen molar-refractivity contribution in [1.29, 1.82) is 0 Å². The van der Waals surface area contributed by atoms with Gasteiger partial charge in [-0.3, -0.25) is 0 Å². The molecule has 0 bridgehead atoms. The molecule has 0 saturated heterocycles. The normalized spacial score (nSPS) is 10.2. The molecule has 0 spiro atoms. The van der Waals surface area contributed by atoms with E-state index in [9.17, 15) is 14.7 Å². The first-order chi connectivity index (χ1) is 11.7. The van der Waals surface area contributed by atoms with Gasteiger partial charge in [0, 0.05) is 5.69 Å². The number of phenolic OH excluding ortho intramolecular Hbond substituents is 1. The van der Waals surface area contributed by atoms with E-state index in [-0.39, 0.29) is 17.1 Å². The molecule has 0 atom stereocenters. The van der Waals surface area contributed by atoms with E-state index in [0.717, 1.165) is 5.01 Å². The SMILES string of the molecule is Cc1cc(Nc2ccc(O)cc2)c(N(N)C(N)=O)cc1N(N)C(N)=O. The van der Waals surface area contributed by atoms with Crippen molar-refractivity contribution in [2.75, 3.05) is 15.3 Å². The predicted molar refractivity (Wildman–Crippen MR) is 95.1 cm³/mol. The number of anilines is 4. The van der Waals surface area contributed by atoms with Crippen LogP contribution in [0.5, 0.6) is 5.75 Å². The maximum absolute atomic E-state index is 11.5. The van der Waals surface area contributed by atoms with Crippen molar-refractivity contribution in [3.8, 4) is 5.75 Å². The molecule has 0 radical (unpaired) electrons. The first kappa shape index (κ1) is 17.8. The van der Waals surface area contributed by atoms with Gasteiger partial charge < -0.3 is 21.9 Å². The van der Waals surface area contributed by atoms with Crippen LogP contribution in [0.4, 0.5) is 32.3 Å². The quantitative estimate of drug-likeness (QED) is 0.208. The van der Waals surface area contributed by atoms with E-state index in [1.807, 2.05) is 0 Å². The number of nitrogens with one attached hydrogen (secondary N) is 1. The lowest BCUT2D eigenvalue weighted by Gasteiger charge is -2.24. The maximum atomic E-state index is 11.5. The molecule has 2 aromatic rings. The molecule has 2 aromatic carbocycles. The molecular weight excluding hydrogens is 326 g/mol. The van der Waals surface area contributed by atoms with Gasteiger partial charge in [0.15, 0.2) is 0 Å². The number of hydrogen-bond donors (Lipinski definition) is 6. The van der Waals surface area contributed by atoms with Crippen molar-refractivity contribution < 1.29 is 14.7 Å². The Morgan fingerprint density at radius 2 is 1.48 bits per heavy atom. The fourth-order valence-electron chi connectivity index (χ4n) is 2.18. The predicted octanol–water partition coefficient (Wildman–Crippen LogP) is 0.962. The highest BCUT2D eigenvalue weighted by atomic mass is 16.3. The van der Waals surface area contributed by atoms with Crippen LogP contribution in [-0.2, 0) is 0 Å². The summed E-state index contributed by atoms with van der Waals surface area (Å²) in [5, 5.41) is 13.9. The Morgan fingerprint density at radius 3 is 2.00 bits per heavy atom. The third-order valence-corrected chi connectivity index (χ3v) is 3.45. The Balaban J connectivity index is 2.53. The average Bonchev–Trinajstić information content (AvgIpc) is 2.55. The smallest absolute Gasteiger partial charge is 0.333 e. The molecule has 0 aliphatic heterocycles. The molecular formula is C15H19N7O3. The second kappa shape index (κ2) is 6.95. The average molecular weight is 345 g/mol. The number of aryl methyl sites for hydroxylation is 1. The molecule has 0 aliphatic rings. The van der Waals surface area contributed by atoms with Gasteiger partial charge in [-0.2, -0.15) is 0 Å². The zero-order valence-corrected chi connectivity index (χ0v) is 13.4. The topological polar surface area (TPSA) is 177 Å². The Kier molecular flexibility index (Phi) is 4.96. The number of nitrogens with two attached hydrogens (primary N) is 4. The van der Waals surface area contributed by atoms with E-state index < -0.39 is 12.1 Å². The molecule has 0 aliphatic carbocycles. The van der Waals surface area contributed by atoms with Gasteiger partial charge in [-0.1, -0.05) is 0 Å². The van der Waals surface area contributed by atoms with Crippen LogP contribution in [0.2, 0.25) is 0 Å². The number of carbonyl (C=O) groups excluding carboxylic acids is 2. The molecule has 10 N–H and O–H groups in total. The van der Waals surface area contributed by atoms with E-state index >= 15 is 0 Å². The molecule has 0 heterocycles. The van der Waals surface area contributed by atoms with Crippen LogP contribution in [0.15, 0.2) is 36.4 Å². The third kappa shape index (κ3) is 3.88. The van der Waals surface area contributed by atoms with Gasteiger partial charge in [-0.25, -0.2) is 31.3 Å². The van der Waals surface area contributed by atoms with Crippen molar-refractivity contribution in [3.63, 3.8) is 0 Å².